The summed E-state index contributed by atoms with van der Waals surface area (Å²) in [5.74, 6) is 0. The van der Waals surface area contributed by atoms with Crippen molar-refractivity contribution in [3.8, 4) is 0 Å². The van der Waals surface area contributed by atoms with E-state index in [-0.39, 0.29) is 6.04 Å². The zero-order valence-corrected chi connectivity index (χ0v) is 8.79. The lowest BCUT2D eigenvalue weighted by Crippen LogP contribution is -2.13. The van der Waals surface area contributed by atoms with Crippen LogP contribution in [-0.2, 0) is 0 Å². The minimum absolute atomic E-state index is 0.0869. The summed E-state index contributed by atoms with van der Waals surface area (Å²) in [6.45, 7) is 2.04. The van der Waals surface area contributed by atoms with E-state index < -0.39 is 0 Å². The molecule has 0 bridgehead atoms. The lowest BCUT2D eigenvalue weighted by molar-refractivity contribution is 0.835. The van der Waals surface area contributed by atoms with Gasteiger partial charge in [-0.1, -0.05) is 12.1 Å². The number of thiophene rings is 1. The zero-order valence-electron chi connectivity index (χ0n) is 7.97. The van der Waals surface area contributed by atoms with Gasteiger partial charge in [-0.05, 0) is 30.0 Å². The van der Waals surface area contributed by atoms with Gasteiger partial charge in [0.1, 0.15) is 0 Å². The van der Waals surface area contributed by atoms with Crippen LogP contribution in [0.25, 0.3) is 0 Å². The molecule has 2 nitrogen and oxygen atoms in total. The highest BCUT2D eigenvalue weighted by molar-refractivity contribution is 7.10. The molecule has 2 N–H and O–H groups in total. The molecule has 0 fully saturated rings. The Kier molecular flexibility index (Phi) is 2.61. The van der Waals surface area contributed by atoms with Crippen LogP contribution in [0, 0.1) is 6.92 Å². The van der Waals surface area contributed by atoms with E-state index >= 15 is 0 Å². The Morgan fingerprint density at radius 1 is 1.36 bits per heavy atom. The average Bonchev–Trinajstić information content (AvgIpc) is 2.70. The van der Waals surface area contributed by atoms with Crippen molar-refractivity contribution in [2.24, 2.45) is 5.73 Å². The number of pyridine rings is 1. The molecule has 2 rings (SSSR count). The molecular formula is C11H12N2S. The van der Waals surface area contributed by atoms with Crippen molar-refractivity contribution in [2.45, 2.75) is 13.0 Å². The van der Waals surface area contributed by atoms with Crippen LogP contribution in [0.4, 0.5) is 0 Å². The summed E-state index contributed by atoms with van der Waals surface area (Å²) in [6.07, 6.45) is 1.79. The molecule has 0 aliphatic heterocycles. The lowest BCUT2D eigenvalue weighted by Gasteiger charge is -2.11. The molecule has 0 saturated heterocycles. The summed E-state index contributed by atoms with van der Waals surface area (Å²) in [4.78, 5) is 5.47. The van der Waals surface area contributed by atoms with Gasteiger partial charge in [-0.3, -0.25) is 4.98 Å². The molecule has 1 atom stereocenters. The van der Waals surface area contributed by atoms with Crippen LogP contribution in [0.2, 0.25) is 0 Å². The van der Waals surface area contributed by atoms with Crippen molar-refractivity contribution < 1.29 is 0 Å². The van der Waals surface area contributed by atoms with Crippen LogP contribution >= 0.6 is 11.3 Å². The topological polar surface area (TPSA) is 38.9 Å². The van der Waals surface area contributed by atoms with Crippen LogP contribution in [0.5, 0.6) is 0 Å². The standard InChI is InChI=1S/C11H12N2S/c1-8-4-2-6-13-11(8)10(12)9-5-3-7-14-9/h2-7,10H,12H2,1H3. The normalized spacial score (nSPS) is 12.7. The van der Waals surface area contributed by atoms with E-state index in [2.05, 4.69) is 4.98 Å². The van der Waals surface area contributed by atoms with Gasteiger partial charge >= 0.3 is 0 Å². The van der Waals surface area contributed by atoms with Crippen molar-refractivity contribution in [3.05, 3.63) is 52.0 Å². The van der Waals surface area contributed by atoms with Gasteiger partial charge < -0.3 is 5.73 Å². The summed E-state index contributed by atoms with van der Waals surface area (Å²) in [5, 5.41) is 2.04. The van der Waals surface area contributed by atoms with Crippen molar-refractivity contribution in [1.29, 1.82) is 0 Å². The Balaban J connectivity index is 2.37. The molecule has 0 aromatic carbocycles. The van der Waals surface area contributed by atoms with E-state index in [1.807, 2.05) is 36.6 Å². The maximum absolute atomic E-state index is 6.11. The predicted octanol–water partition coefficient (Wildman–Crippen LogP) is 2.50. The fourth-order valence-electron chi connectivity index (χ4n) is 1.43. The van der Waals surface area contributed by atoms with Gasteiger partial charge in [0.05, 0.1) is 11.7 Å². The largest absolute Gasteiger partial charge is 0.318 e. The molecule has 3 heteroatoms. The van der Waals surface area contributed by atoms with Crippen LogP contribution in [0.3, 0.4) is 0 Å². The van der Waals surface area contributed by atoms with E-state index in [0.29, 0.717) is 0 Å². The Morgan fingerprint density at radius 3 is 2.86 bits per heavy atom. The first-order valence-electron chi connectivity index (χ1n) is 4.49. The molecule has 2 heterocycles. The fraction of sp³-hybridized carbons (Fsp3) is 0.182. The van der Waals surface area contributed by atoms with E-state index in [1.54, 1.807) is 17.5 Å². The summed E-state index contributed by atoms with van der Waals surface area (Å²) < 4.78 is 0. The summed E-state index contributed by atoms with van der Waals surface area (Å²) in [7, 11) is 0. The van der Waals surface area contributed by atoms with Gasteiger partial charge in [0.15, 0.2) is 0 Å². The molecule has 1 unspecified atom stereocenters. The van der Waals surface area contributed by atoms with E-state index in [4.69, 9.17) is 5.73 Å². The Bertz CT molecular complexity index is 409. The Labute approximate surface area is 87.4 Å². The van der Waals surface area contributed by atoms with Crippen molar-refractivity contribution in [1.82, 2.24) is 4.98 Å². The molecule has 0 saturated carbocycles. The summed E-state index contributed by atoms with van der Waals surface area (Å²) in [6, 6.07) is 7.94. The molecule has 0 amide bonds. The van der Waals surface area contributed by atoms with Crippen LogP contribution in [0.1, 0.15) is 22.2 Å². The van der Waals surface area contributed by atoms with Crippen LogP contribution < -0.4 is 5.73 Å². The third-order valence-electron chi connectivity index (χ3n) is 2.19. The van der Waals surface area contributed by atoms with Gasteiger partial charge in [0, 0.05) is 11.1 Å². The second-order valence-corrected chi connectivity index (χ2v) is 4.18. The number of aryl methyl sites for hydroxylation is 1. The molecule has 0 aliphatic rings. The highest BCUT2D eigenvalue weighted by Crippen LogP contribution is 2.23. The first-order chi connectivity index (χ1) is 6.79. The maximum atomic E-state index is 6.11. The molecule has 72 valence electrons. The smallest absolute Gasteiger partial charge is 0.0822 e. The second-order valence-electron chi connectivity index (χ2n) is 3.20. The number of hydrogen-bond acceptors (Lipinski definition) is 3. The minimum atomic E-state index is -0.0869. The number of rotatable bonds is 2. The van der Waals surface area contributed by atoms with Gasteiger partial charge in [-0.2, -0.15) is 0 Å². The molecule has 0 spiro atoms. The van der Waals surface area contributed by atoms with Gasteiger partial charge in [0.2, 0.25) is 0 Å². The second kappa shape index (κ2) is 3.90. The minimum Gasteiger partial charge on any atom is -0.318 e. The zero-order chi connectivity index (χ0) is 9.97. The monoisotopic (exact) mass is 204 g/mol. The van der Waals surface area contributed by atoms with Crippen molar-refractivity contribution >= 4 is 11.3 Å². The Morgan fingerprint density at radius 2 is 2.21 bits per heavy atom. The van der Waals surface area contributed by atoms with E-state index in [0.717, 1.165) is 16.1 Å². The number of aromatic nitrogens is 1. The van der Waals surface area contributed by atoms with Gasteiger partial charge in [0.25, 0.3) is 0 Å². The highest BCUT2D eigenvalue weighted by Gasteiger charge is 2.12. The van der Waals surface area contributed by atoms with E-state index in [9.17, 15) is 0 Å². The Hall–Kier alpha value is -1.19. The van der Waals surface area contributed by atoms with E-state index in [1.165, 1.54) is 0 Å². The molecular weight excluding hydrogens is 192 g/mol. The third kappa shape index (κ3) is 1.69. The molecule has 0 radical (unpaired) electrons. The van der Waals surface area contributed by atoms with Crippen molar-refractivity contribution in [2.75, 3.05) is 0 Å². The molecule has 0 aliphatic carbocycles. The maximum Gasteiger partial charge on any atom is 0.0822 e. The predicted molar refractivity (Wildman–Crippen MR) is 59.3 cm³/mol. The molecule has 2 aromatic rings. The average molecular weight is 204 g/mol. The number of nitrogens with two attached hydrogens (primary N) is 1. The SMILES string of the molecule is Cc1cccnc1C(N)c1cccs1. The van der Waals surface area contributed by atoms with Crippen LogP contribution in [0.15, 0.2) is 35.8 Å². The number of hydrogen-bond donors (Lipinski definition) is 1. The summed E-state index contributed by atoms with van der Waals surface area (Å²) >= 11 is 1.67. The highest BCUT2D eigenvalue weighted by atomic mass is 32.1. The van der Waals surface area contributed by atoms with Crippen molar-refractivity contribution in [3.63, 3.8) is 0 Å². The molecule has 14 heavy (non-hydrogen) atoms. The molecule has 2 aromatic heterocycles. The third-order valence-corrected chi connectivity index (χ3v) is 3.15. The van der Waals surface area contributed by atoms with Gasteiger partial charge in [-0.15, -0.1) is 11.3 Å². The quantitative estimate of drug-likeness (QED) is 0.816. The summed E-state index contributed by atoms with van der Waals surface area (Å²) in [5.41, 5.74) is 8.22. The van der Waals surface area contributed by atoms with Crippen LogP contribution in [-0.4, -0.2) is 4.98 Å². The fourth-order valence-corrected chi connectivity index (χ4v) is 2.16. The first-order valence-corrected chi connectivity index (χ1v) is 5.37. The lowest BCUT2D eigenvalue weighted by atomic mass is 10.1. The van der Waals surface area contributed by atoms with Gasteiger partial charge in [-0.25, -0.2) is 0 Å². The first kappa shape index (κ1) is 9.37. The number of nitrogens with zero attached hydrogens (tertiary/aromatic N) is 1.